The first-order chi connectivity index (χ1) is 11.1. The van der Waals surface area contributed by atoms with Crippen molar-refractivity contribution in [3.63, 3.8) is 0 Å². The van der Waals surface area contributed by atoms with Crippen molar-refractivity contribution in [1.29, 1.82) is 0 Å². The largest absolute Gasteiger partial charge is 0.461 e. The molecular weight excluding hydrogens is 296 g/mol. The van der Waals surface area contributed by atoms with Crippen LogP contribution in [0.5, 0.6) is 0 Å². The van der Waals surface area contributed by atoms with Crippen LogP contribution in [0, 0.1) is 0 Å². The number of nitrogens with zero attached hydrogens (tertiary/aromatic N) is 1. The molecule has 0 spiro atoms. The lowest BCUT2D eigenvalue weighted by Crippen LogP contribution is -2.15. The van der Waals surface area contributed by atoms with Gasteiger partial charge in [0.15, 0.2) is 5.89 Å². The molecular formula is C17H20N2O4. The third kappa shape index (κ3) is 4.67. The van der Waals surface area contributed by atoms with Crippen LogP contribution in [0.4, 0.5) is 5.88 Å². The van der Waals surface area contributed by atoms with Gasteiger partial charge in [0.2, 0.25) is 17.5 Å². The summed E-state index contributed by atoms with van der Waals surface area (Å²) in [7, 11) is 0. The first kappa shape index (κ1) is 16.7. The van der Waals surface area contributed by atoms with E-state index in [0.29, 0.717) is 18.7 Å². The van der Waals surface area contributed by atoms with Gasteiger partial charge in [-0.1, -0.05) is 37.3 Å². The predicted octanol–water partition coefficient (Wildman–Crippen LogP) is 2.99. The summed E-state index contributed by atoms with van der Waals surface area (Å²) in [5.41, 5.74) is 1.08. The van der Waals surface area contributed by atoms with Crippen LogP contribution >= 0.6 is 0 Å². The molecule has 0 aliphatic rings. The second-order valence-corrected chi connectivity index (χ2v) is 4.89. The van der Waals surface area contributed by atoms with Crippen LogP contribution in [0.3, 0.4) is 0 Å². The zero-order valence-corrected chi connectivity index (χ0v) is 13.3. The summed E-state index contributed by atoms with van der Waals surface area (Å²) in [6, 6.07) is 9.70. The van der Waals surface area contributed by atoms with Crippen molar-refractivity contribution in [2.45, 2.75) is 33.1 Å². The Hall–Kier alpha value is -2.63. The second-order valence-electron chi connectivity index (χ2n) is 4.89. The van der Waals surface area contributed by atoms with Gasteiger partial charge in [-0.3, -0.25) is 10.1 Å². The lowest BCUT2D eigenvalue weighted by Gasteiger charge is -2.04. The molecule has 0 fully saturated rings. The second kappa shape index (κ2) is 8.12. The summed E-state index contributed by atoms with van der Waals surface area (Å²) in [4.78, 5) is 28.0. The van der Waals surface area contributed by atoms with Gasteiger partial charge in [0.05, 0.1) is 6.61 Å². The van der Waals surface area contributed by atoms with Crippen molar-refractivity contribution in [1.82, 2.24) is 4.98 Å². The highest BCUT2D eigenvalue weighted by Gasteiger charge is 2.22. The summed E-state index contributed by atoms with van der Waals surface area (Å²) in [6.45, 7) is 3.78. The van der Waals surface area contributed by atoms with Gasteiger partial charge in [0.25, 0.3) is 0 Å². The molecule has 1 N–H and O–H groups in total. The number of anilines is 1. The fourth-order valence-electron chi connectivity index (χ4n) is 2.03. The maximum Gasteiger partial charge on any atom is 0.362 e. The van der Waals surface area contributed by atoms with Gasteiger partial charge in [0.1, 0.15) is 0 Å². The fraction of sp³-hybridized carbons (Fsp3) is 0.353. The number of oxazole rings is 1. The normalized spacial score (nSPS) is 10.3. The maximum absolute atomic E-state index is 12.1. The summed E-state index contributed by atoms with van der Waals surface area (Å²) < 4.78 is 10.3. The van der Waals surface area contributed by atoms with Crippen molar-refractivity contribution >= 4 is 17.8 Å². The molecule has 122 valence electrons. The molecule has 1 amide bonds. The quantitative estimate of drug-likeness (QED) is 0.794. The molecule has 1 heterocycles. The summed E-state index contributed by atoms with van der Waals surface area (Å²) in [5, 5.41) is 2.61. The Morgan fingerprint density at radius 1 is 1.22 bits per heavy atom. The molecule has 6 heteroatoms. The first-order valence-corrected chi connectivity index (χ1v) is 7.64. The van der Waals surface area contributed by atoms with E-state index in [1.165, 1.54) is 0 Å². The Morgan fingerprint density at radius 3 is 2.61 bits per heavy atom. The van der Waals surface area contributed by atoms with Crippen LogP contribution in [0.2, 0.25) is 0 Å². The molecule has 2 aromatic rings. The van der Waals surface area contributed by atoms with Crippen molar-refractivity contribution in [3.05, 3.63) is 47.5 Å². The van der Waals surface area contributed by atoms with E-state index in [1.54, 1.807) is 6.92 Å². The number of carbonyl (C=O) groups is 2. The summed E-state index contributed by atoms with van der Waals surface area (Å²) in [6.07, 6.45) is 1.41. The molecule has 0 bridgehead atoms. The molecule has 23 heavy (non-hydrogen) atoms. The van der Waals surface area contributed by atoms with Gasteiger partial charge in [-0.05, 0) is 18.9 Å². The molecule has 0 aliphatic heterocycles. The zero-order chi connectivity index (χ0) is 16.7. The predicted molar refractivity (Wildman–Crippen MR) is 85.2 cm³/mol. The molecule has 0 saturated heterocycles. The number of carbonyl (C=O) groups excluding carboxylic acids is 2. The lowest BCUT2D eigenvalue weighted by atomic mass is 10.1. The number of hydrogen-bond acceptors (Lipinski definition) is 5. The van der Waals surface area contributed by atoms with Crippen molar-refractivity contribution in [2.24, 2.45) is 0 Å². The summed E-state index contributed by atoms with van der Waals surface area (Å²) in [5.74, 6) is -0.405. The average molecular weight is 316 g/mol. The van der Waals surface area contributed by atoms with E-state index in [1.807, 2.05) is 37.3 Å². The maximum atomic E-state index is 12.1. The minimum atomic E-state index is -0.602. The Bertz CT molecular complexity index is 664. The lowest BCUT2D eigenvalue weighted by molar-refractivity contribution is -0.116. The van der Waals surface area contributed by atoms with Crippen LogP contribution in [-0.4, -0.2) is 23.5 Å². The molecule has 0 saturated carbocycles. The highest BCUT2D eigenvalue weighted by Crippen LogP contribution is 2.19. The van der Waals surface area contributed by atoms with Crippen LogP contribution < -0.4 is 5.32 Å². The number of ether oxygens (including phenoxy) is 1. The smallest absolute Gasteiger partial charge is 0.362 e. The topological polar surface area (TPSA) is 81.4 Å². The first-order valence-electron chi connectivity index (χ1n) is 7.64. The minimum absolute atomic E-state index is 0.0109. The number of amides is 1. The Balaban J connectivity index is 2.02. The van der Waals surface area contributed by atoms with E-state index < -0.39 is 5.97 Å². The van der Waals surface area contributed by atoms with Crippen LogP contribution in [0.15, 0.2) is 34.7 Å². The van der Waals surface area contributed by atoms with Crippen LogP contribution in [0.25, 0.3) is 0 Å². The van der Waals surface area contributed by atoms with E-state index in [-0.39, 0.29) is 30.5 Å². The SMILES string of the molecule is CCOC(=O)c1nc(CC)oc1NC(=O)CCc1ccccc1. The zero-order valence-electron chi connectivity index (χ0n) is 13.3. The van der Waals surface area contributed by atoms with E-state index in [2.05, 4.69) is 10.3 Å². The van der Waals surface area contributed by atoms with E-state index in [0.717, 1.165) is 5.56 Å². The molecule has 1 aromatic heterocycles. The molecule has 0 aliphatic carbocycles. The molecule has 0 unspecified atom stereocenters. The van der Waals surface area contributed by atoms with Gasteiger partial charge in [-0.15, -0.1) is 0 Å². The van der Waals surface area contributed by atoms with Crippen molar-refractivity contribution in [2.75, 3.05) is 11.9 Å². The van der Waals surface area contributed by atoms with Gasteiger partial charge in [-0.2, -0.15) is 0 Å². The molecule has 0 radical (unpaired) electrons. The highest BCUT2D eigenvalue weighted by atomic mass is 16.5. The van der Waals surface area contributed by atoms with Crippen LogP contribution in [0.1, 0.15) is 42.2 Å². The number of nitrogens with one attached hydrogen (secondary N) is 1. The Kier molecular flexibility index (Phi) is 5.91. The Morgan fingerprint density at radius 2 is 1.96 bits per heavy atom. The van der Waals surface area contributed by atoms with E-state index in [9.17, 15) is 9.59 Å². The number of rotatable bonds is 7. The number of aromatic nitrogens is 1. The fourth-order valence-corrected chi connectivity index (χ4v) is 2.03. The Labute approximate surface area is 134 Å². The van der Waals surface area contributed by atoms with Gasteiger partial charge < -0.3 is 9.15 Å². The number of hydrogen-bond donors (Lipinski definition) is 1. The van der Waals surface area contributed by atoms with E-state index >= 15 is 0 Å². The number of esters is 1. The van der Waals surface area contributed by atoms with Gasteiger partial charge in [-0.25, -0.2) is 9.78 Å². The third-order valence-electron chi connectivity index (χ3n) is 3.18. The standard InChI is InChI=1S/C17H20N2O4/c1-3-14-19-15(17(21)22-4-2)16(23-14)18-13(20)11-10-12-8-6-5-7-9-12/h5-9H,3-4,10-11H2,1-2H3,(H,18,20). The van der Waals surface area contributed by atoms with Crippen molar-refractivity contribution in [3.8, 4) is 0 Å². The molecule has 0 atom stereocenters. The molecule has 1 aromatic carbocycles. The molecule has 6 nitrogen and oxygen atoms in total. The monoisotopic (exact) mass is 316 g/mol. The average Bonchev–Trinajstić information content (AvgIpc) is 2.97. The van der Waals surface area contributed by atoms with E-state index in [4.69, 9.17) is 9.15 Å². The summed E-state index contributed by atoms with van der Waals surface area (Å²) >= 11 is 0. The molecule has 2 rings (SSSR count). The highest BCUT2D eigenvalue weighted by molar-refractivity contribution is 5.98. The van der Waals surface area contributed by atoms with Crippen LogP contribution in [-0.2, 0) is 22.4 Å². The van der Waals surface area contributed by atoms with Gasteiger partial charge >= 0.3 is 5.97 Å². The minimum Gasteiger partial charge on any atom is -0.461 e. The number of benzene rings is 1. The van der Waals surface area contributed by atoms with Crippen molar-refractivity contribution < 1.29 is 18.7 Å². The third-order valence-corrected chi connectivity index (χ3v) is 3.18. The number of aryl methyl sites for hydroxylation is 2. The van der Waals surface area contributed by atoms with Gasteiger partial charge in [0, 0.05) is 12.8 Å².